The van der Waals surface area contributed by atoms with Crippen molar-refractivity contribution in [1.29, 1.82) is 0 Å². The lowest BCUT2D eigenvalue weighted by Crippen LogP contribution is -2.65. The van der Waals surface area contributed by atoms with E-state index in [1.54, 1.807) is 0 Å². The predicted octanol–water partition coefficient (Wildman–Crippen LogP) is 3.81. The first-order valence-corrected chi connectivity index (χ1v) is 9.88. The second-order valence-electron chi connectivity index (χ2n) is 9.03. The monoisotopic (exact) mass is 372 g/mol. The molecule has 0 radical (unpaired) electrons. The molecule has 2 spiro atoms. The molecule has 0 atom stereocenters. The Hall–Kier alpha value is -0.790. The van der Waals surface area contributed by atoms with Crippen molar-refractivity contribution in [3.05, 3.63) is 0 Å². The molecule has 5 saturated carbocycles. The molecule has 7 heteroatoms. The van der Waals surface area contributed by atoms with E-state index in [2.05, 4.69) is 0 Å². The second kappa shape index (κ2) is 5.61. The molecule has 1 saturated heterocycles. The third kappa shape index (κ3) is 2.32. The molecule has 1 heterocycles. The van der Waals surface area contributed by atoms with Crippen molar-refractivity contribution in [2.24, 2.45) is 29.6 Å². The van der Waals surface area contributed by atoms with E-state index in [1.165, 1.54) is 7.11 Å². The predicted molar refractivity (Wildman–Crippen MR) is 84.7 cm³/mol. The Morgan fingerprint density at radius 2 is 1.58 bits per heavy atom. The van der Waals surface area contributed by atoms with Gasteiger partial charge in [-0.3, -0.25) is 4.79 Å². The zero-order valence-electron chi connectivity index (χ0n) is 15.0. The fourth-order valence-corrected chi connectivity index (χ4v) is 6.31. The summed E-state index contributed by atoms with van der Waals surface area (Å²) in [5.41, 5.74) is 0. The fourth-order valence-electron chi connectivity index (χ4n) is 6.31. The molecule has 0 aromatic carbocycles. The Bertz CT molecular complexity index is 567. The van der Waals surface area contributed by atoms with Gasteiger partial charge in [-0.05, 0) is 44.4 Å². The SMILES string of the molecule is COC(=O)CC1CCC2(CC1)OOC1(O2)C2CC3CC1CC(C2)C3(F)F. The second-order valence-corrected chi connectivity index (χ2v) is 9.03. The van der Waals surface area contributed by atoms with E-state index in [0.29, 0.717) is 44.9 Å². The maximum atomic E-state index is 14.4. The van der Waals surface area contributed by atoms with Crippen molar-refractivity contribution in [2.45, 2.75) is 75.3 Å². The number of methoxy groups -OCH3 is 1. The largest absolute Gasteiger partial charge is 0.469 e. The molecule has 4 bridgehead atoms. The molecular formula is C19H26F2O5. The molecule has 26 heavy (non-hydrogen) atoms. The number of esters is 1. The Balaban J connectivity index is 1.28. The third-order valence-electron chi connectivity index (χ3n) is 7.72. The summed E-state index contributed by atoms with van der Waals surface area (Å²) in [5, 5.41) is 0. The van der Waals surface area contributed by atoms with E-state index >= 15 is 0 Å². The van der Waals surface area contributed by atoms with Gasteiger partial charge in [-0.15, -0.1) is 0 Å². The van der Waals surface area contributed by atoms with Gasteiger partial charge in [-0.2, -0.15) is 9.78 Å². The Labute approximate surface area is 151 Å². The smallest absolute Gasteiger partial charge is 0.305 e. The summed E-state index contributed by atoms with van der Waals surface area (Å²) in [5.74, 6) is -5.12. The Kier molecular flexibility index (Phi) is 3.74. The first-order valence-electron chi connectivity index (χ1n) is 9.88. The molecule has 0 aromatic heterocycles. The van der Waals surface area contributed by atoms with Crippen LogP contribution < -0.4 is 0 Å². The van der Waals surface area contributed by atoms with Gasteiger partial charge in [0, 0.05) is 42.9 Å². The summed E-state index contributed by atoms with van der Waals surface area (Å²) in [7, 11) is 1.41. The number of hydrogen-bond donors (Lipinski definition) is 0. The number of carbonyl (C=O) groups is 1. The minimum atomic E-state index is -2.53. The highest BCUT2D eigenvalue weighted by Gasteiger charge is 2.72. The molecule has 5 aliphatic carbocycles. The van der Waals surface area contributed by atoms with Gasteiger partial charge in [0.05, 0.1) is 7.11 Å². The van der Waals surface area contributed by atoms with Crippen LogP contribution in [0.2, 0.25) is 0 Å². The molecular weight excluding hydrogens is 346 g/mol. The van der Waals surface area contributed by atoms with Gasteiger partial charge in [-0.1, -0.05) is 0 Å². The van der Waals surface area contributed by atoms with E-state index in [4.69, 9.17) is 19.2 Å². The first-order chi connectivity index (χ1) is 12.4. The van der Waals surface area contributed by atoms with Gasteiger partial charge >= 0.3 is 5.97 Å². The van der Waals surface area contributed by atoms with Crippen molar-refractivity contribution in [2.75, 3.05) is 7.11 Å². The summed E-state index contributed by atoms with van der Waals surface area (Å²) in [6.07, 6.45) is 5.23. The lowest BCUT2D eigenvalue weighted by molar-refractivity contribution is -0.402. The van der Waals surface area contributed by atoms with Gasteiger partial charge in [0.25, 0.3) is 5.92 Å². The van der Waals surface area contributed by atoms with Gasteiger partial charge in [0.2, 0.25) is 11.6 Å². The fraction of sp³-hybridized carbons (Fsp3) is 0.947. The van der Waals surface area contributed by atoms with E-state index in [0.717, 1.165) is 12.8 Å². The van der Waals surface area contributed by atoms with Crippen LogP contribution in [0.1, 0.15) is 57.8 Å². The third-order valence-corrected chi connectivity index (χ3v) is 7.72. The van der Waals surface area contributed by atoms with E-state index < -0.39 is 29.3 Å². The maximum Gasteiger partial charge on any atom is 0.305 e. The molecule has 6 fully saturated rings. The lowest BCUT2D eigenvalue weighted by atomic mass is 9.51. The number of rotatable bonds is 2. The Morgan fingerprint density at radius 3 is 2.12 bits per heavy atom. The van der Waals surface area contributed by atoms with Crippen LogP contribution >= 0.6 is 0 Å². The van der Waals surface area contributed by atoms with E-state index in [-0.39, 0.29) is 23.7 Å². The minimum Gasteiger partial charge on any atom is -0.469 e. The summed E-state index contributed by atoms with van der Waals surface area (Å²) in [6.45, 7) is 0. The minimum absolute atomic E-state index is 0.00297. The van der Waals surface area contributed by atoms with Crippen LogP contribution in [-0.2, 0) is 24.0 Å². The van der Waals surface area contributed by atoms with E-state index in [1.807, 2.05) is 0 Å². The van der Waals surface area contributed by atoms with Gasteiger partial charge < -0.3 is 9.47 Å². The Morgan fingerprint density at radius 1 is 1.00 bits per heavy atom. The topological polar surface area (TPSA) is 54.0 Å². The average Bonchev–Trinajstić information content (AvgIpc) is 2.95. The van der Waals surface area contributed by atoms with Crippen molar-refractivity contribution < 1.29 is 32.8 Å². The summed E-state index contributed by atoms with van der Waals surface area (Å²) in [4.78, 5) is 23.1. The van der Waals surface area contributed by atoms with E-state index in [9.17, 15) is 13.6 Å². The number of halogens is 2. The highest BCUT2D eigenvalue weighted by Crippen LogP contribution is 2.67. The van der Waals surface area contributed by atoms with Gasteiger partial charge in [0.1, 0.15) is 0 Å². The molecule has 6 aliphatic rings. The van der Waals surface area contributed by atoms with Crippen LogP contribution in [-0.4, -0.2) is 30.6 Å². The first kappa shape index (κ1) is 17.3. The van der Waals surface area contributed by atoms with Crippen LogP contribution in [0.25, 0.3) is 0 Å². The average molecular weight is 372 g/mol. The van der Waals surface area contributed by atoms with Crippen LogP contribution in [0, 0.1) is 29.6 Å². The van der Waals surface area contributed by atoms with Crippen molar-refractivity contribution in [3.8, 4) is 0 Å². The molecule has 146 valence electrons. The molecule has 0 unspecified atom stereocenters. The molecule has 0 N–H and O–H groups in total. The number of alkyl halides is 2. The van der Waals surface area contributed by atoms with Crippen LogP contribution in [0.3, 0.4) is 0 Å². The van der Waals surface area contributed by atoms with Crippen molar-refractivity contribution in [1.82, 2.24) is 0 Å². The summed E-state index contributed by atoms with van der Waals surface area (Å²) < 4.78 is 40.0. The van der Waals surface area contributed by atoms with Gasteiger partial charge in [-0.25, -0.2) is 8.78 Å². The molecule has 1 aliphatic heterocycles. The lowest BCUT2D eigenvalue weighted by Gasteiger charge is -2.59. The normalized spacial score (nSPS) is 51.3. The van der Waals surface area contributed by atoms with Gasteiger partial charge in [0.15, 0.2) is 0 Å². The molecule has 5 nitrogen and oxygen atoms in total. The highest BCUT2D eigenvalue weighted by molar-refractivity contribution is 5.69. The van der Waals surface area contributed by atoms with Crippen LogP contribution in [0.5, 0.6) is 0 Å². The molecule has 6 rings (SSSR count). The maximum absolute atomic E-state index is 14.4. The zero-order chi connectivity index (χ0) is 18.2. The standard InChI is InChI=1S/C19H26F2O5/c1-23-16(22)6-11-2-4-17(5-3-11)24-19(26-25-17)14-7-12-8-15(19)10-13(9-14)18(12,20)21/h11-15H,2-10H2,1H3. The number of ether oxygens (including phenoxy) is 2. The molecule has 0 aromatic rings. The quantitative estimate of drug-likeness (QED) is 0.545. The van der Waals surface area contributed by atoms with Crippen molar-refractivity contribution >= 4 is 5.97 Å². The number of hydrogen-bond acceptors (Lipinski definition) is 5. The van der Waals surface area contributed by atoms with Crippen LogP contribution in [0.15, 0.2) is 0 Å². The summed E-state index contributed by atoms with van der Waals surface area (Å²) >= 11 is 0. The van der Waals surface area contributed by atoms with Crippen molar-refractivity contribution in [3.63, 3.8) is 0 Å². The number of carbonyl (C=O) groups excluding carboxylic acids is 1. The van der Waals surface area contributed by atoms with Crippen LogP contribution in [0.4, 0.5) is 8.78 Å². The highest BCUT2D eigenvalue weighted by atomic mass is 19.3. The molecule has 0 amide bonds. The summed E-state index contributed by atoms with van der Waals surface area (Å²) in [6, 6.07) is 0. The zero-order valence-corrected chi connectivity index (χ0v) is 15.0.